The molecule has 4 amide bonds. The van der Waals surface area contributed by atoms with Crippen LogP contribution in [0.25, 0.3) is 0 Å². The maximum absolute atomic E-state index is 12.7. The summed E-state index contributed by atoms with van der Waals surface area (Å²) in [6.07, 6.45) is 8.22. The van der Waals surface area contributed by atoms with Gasteiger partial charge in [-0.15, -0.1) is 13.2 Å². The zero-order chi connectivity index (χ0) is 33.0. The van der Waals surface area contributed by atoms with Crippen molar-refractivity contribution in [2.75, 3.05) is 18.5 Å². The molecule has 244 valence electrons. The van der Waals surface area contributed by atoms with Crippen LogP contribution in [-0.4, -0.2) is 64.4 Å². The fraction of sp³-hybridized carbons (Fsp3) is 0.444. The van der Waals surface area contributed by atoms with Crippen LogP contribution >= 0.6 is 15.9 Å². The Morgan fingerprint density at radius 2 is 1.33 bits per heavy atom. The molecule has 45 heavy (non-hydrogen) atoms. The molecule has 2 aromatic carbocycles. The quantitative estimate of drug-likeness (QED) is 0.158. The standard InChI is InChI=1S/C18H23NO3.C15H19NO3.C3H5Br/c1-3-8-15(9-4-2)17(20)19-16(13-22-18(19)21)12-14-10-6-5-7-11-14;1-2-3-9-14(17)16-13(11-19-15(16)18)10-12-7-5-4-6-8-12;1-2-3-4/h3,5-7,10-11,15-16H,1,4,8-9,12-13H2,2H3;4-8,13H,2-3,9-11H2,1H3;2H,1,3H2/t15-,16-;13-;/m00./s1. The Balaban J connectivity index is 0.000000283. The van der Waals surface area contributed by atoms with Gasteiger partial charge in [-0.1, -0.05) is 115 Å². The van der Waals surface area contributed by atoms with Crippen LogP contribution in [0.15, 0.2) is 86.0 Å². The number of unbranched alkanes of at least 4 members (excludes halogenated alkanes) is 1. The Morgan fingerprint density at radius 3 is 1.78 bits per heavy atom. The van der Waals surface area contributed by atoms with Gasteiger partial charge in [0, 0.05) is 17.7 Å². The highest BCUT2D eigenvalue weighted by Gasteiger charge is 2.40. The molecule has 0 spiro atoms. The van der Waals surface area contributed by atoms with E-state index in [1.165, 1.54) is 9.80 Å². The van der Waals surface area contributed by atoms with Crippen LogP contribution in [0.5, 0.6) is 0 Å². The van der Waals surface area contributed by atoms with Crippen molar-refractivity contribution >= 4 is 39.9 Å². The topological polar surface area (TPSA) is 93.2 Å². The molecule has 2 heterocycles. The number of hydrogen-bond donors (Lipinski definition) is 0. The van der Waals surface area contributed by atoms with Crippen LogP contribution in [-0.2, 0) is 31.9 Å². The Kier molecular flexibility index (Phi) is 17.6. The summed E-state index contributed by atoms with van der Waals surface area (Å²) in [7, 11) is 0. The molecule has 4 rings (SSSR count). The van der Waals surface area contributed by atoms with Gasteiger partial charge in [-0.05, 0) is 43.2 Å². The minimum Gasteiger partial charge on any atom is -0.447 e. The van der Waals surface area contributed by atoms with Gasteiger partial charge in [0.15, 0.2) is 0 Å². The summed E-state index contributed by atoms with van der Waals surface area (Å²) in [6, 6.07) is 19.3. The van der Waals surface area contributed by atoms with Gasteiger partial charge < -0.3 is 9.47 Å². The van der Waals surface area contributed by atoms with E-state index in [2.05, 4.69) is 29.1 Å². The third-order valence-electron chi connectivity index (χ3n) is 7.35. The number of amides is 4. The van der Waals surface area contributed by atoms with Gasteiger partial charge in [-0.3, -0.25) is 9.59 Å². The molecular weight excluding hydrogens is 636 g/mol. The largest absolute Gasteiger partial charge is 0.447 e. The molecule has 0 unspecified atom stereocenters. The molecule has 0 radical (unpaired) electrons. The first kappa shape index (κ1) is 37.5. The first-order valence-corrected chi connectivity index (χ1v) is 16.8. The summed E-state index contributed by atoms with van der Waals surface area (Å²) < 4.78 is 10.1. The highest BCUT2D eigenvalue weighted by Crippen LogP contribution is 2.24. The monoisotopic (exact) mass is 682 g/mol. The smallest absolute Gasteiger partial charge is 0.416 e. The van der Waals surface area contributed by atoms with E-state index in [-0.39, 0.29) is 36.4 Å². The SMILES string of the molecule is C=CCBr.C=CC[C@@H](CCC)C(=O)N1C(=O)OC[C@@H]1Cc1ccccc1.CCCCC(=O)N1C(=O)OC[C@@H]1Cc1ccccc1. The Hall–Kier alpha value is -3.72. The Morgan fingerprint density at radius 1 is 0.844 bits per heavy atom. The number of imide groups is 2. The minimum atomic E-state index is -0.518. The number of halogens is 1. The molecule has 0 N–H and O–H groups in total. The van der Waals surface area contributed by atoms with E-state index in [0.717, 1.165) is 42.1 Å². The summed E-state index contributed by atoms with van der Waals surface area (Å²) in [6.45, 7) is 11.8. The van der Waals surface area contributed by atoms with E-state index in [0.29, 0.717) is 32.3 Å². The molecule has 0 aromatic heterocycles. The number of nitrogens with zero attached hydrogens (tertiary/aromatic N) is 2. The second-order valence-electron chi connectivity index (χ2n) is 10.9. The average molecular weight is 684 g/mol. The maximum Gasteiger partial charge on any atom is 0.416 e. The van der Waals surface area contributed by atoms with Crippen molar-refractivity contribution in [2.24, 2.45) is 5.92 Å². The van der Waals surface area contributed by atoms with Gasteiger partial charge in [0.25, 0.3) is 0 Å². The lowest BCUT2D eigenvalue weighted by Gasteiger charge is -2.24. The highest BCUT2D eigenvalue weighted by atomic mass is 79.9. The van der Waals surface area contributed by atoms with Crippen molar-refractivity contribution in [1.29, 1.82) is 0 Å². The molecule has 0 aliphatic carbocycles. The third-order valence-corrected chi connectivity index (χ3v) is 7.81. The molecule has 2 saturated heterocycles. The molecule has 0 bridgehead atoms. The molecule has 2 fully saturated rings. The molecule has 8 nitrogen and oxygen atoms in total. The number of ether oxygens (including phenoxy) is 2. The van der Waals surface area contributed by atoms with Crippen LogP contribution in [0.3, 0.4) is 0 Å². The zero-order valence-corrected chi connectivity index (χ0v) is 28.2. The Labute approximate surface area is 276 Å². The lowest BCUT2D eigenvalue weighted by molar-refractivity contribution is -0.133. The van der Waals surface area contributed by atoms with E-state index in [1.54, 1.807) is 12.2 Å². The van der Waals surface area contributed by atoms with Gasteiger partial charge in [-0.2, -0.15) is 0 Å². The molecule has 2 aliphatic rings. The van der Waals surface area contributed by atoms with E-state index >= 15 is 0 Å². The molecule has 2 aromatic rings. The lowest BCUT2D eigenvalue weighted by Crippen LogP contribution is -2.43. The molecule has 2 aliphatic heterocycles. The fourth-order valence-corrected chi connectivity index (χ4v) is 5.11. The van der Waals surface area contributed by atoms with Crippen molar-refractivity contribution < 1.29 is 28.7 Å². The second kappa shape index (κ2) is 21.1. The summed E-state index contributed by atoms with van der Waals surface area (Å²) in [5.41, 5.74) is 2.21. The Bertz CT molecular complexity index is 1220. The summed E-state index contributed by atoms with van der Waals surface area (Å²) in [5.74, 6) is -0.443. The lowest BCUT2D eigenvalue weighted by atomic mass is 9.97. The van der Waals surface area contributed by atoms with Gasteiger partial charge in [-0.25, -0.2) is 19.4 Å². The number of hydrogen-bond acceptors (Lipinski definition) is 6. The highest BCUT2D eigenvalue weighted by molar-refractivity contribution is 9.09. The molecule has 0 saturated carbocycles. The van der Waals surface area contributed by atoms with Crippen LogP contribution in [0, 0.1) is 5.92 Å². The van der Waals surface area contributed by atoms with E-state index < -0.39 is 12.2 Å². The number of cyclic esters (lactones) is 2. The minimum absolute atomic E-state index is 0.120. The van der Waals surface area contributed by atoms with E-state index in [9.17, 15) is 19.2 Å². The van der Waals surface area contributed by atoms with Crippen molar-refractivity contribution in [1.82, 2.24) is 9.80 Å². The average Bonchev–Trinajstić information content (AvgIpc) is 3.61. The number of carbonyl (C=O) groups is 4. The van der Waals surface area contributed by atoms with Crippen molar-refractivity contribution in [3.8, 4) is 0 Å². The van der Waals surface area contributed by atoms with Crippen molar-refractivity contribution in [3.05, 3.63) is 97.1 Å². The number of alkyl halides is 1. The predicted molar refractivity (Wildman–Crippen MR) is 181 cm³/mol. The number of allylic oxidation sites excluding steroid dienone is 2. The summed E-state index contributed by atoms with van der Waals surface area (Å²) in [4.78, 5) is 51.0. The van der Waals surface area contributed by atoms with Crippen molar-refractivity contribution in [2.45, 2.75) is 77.3 Å². The fourth-order valence-electron chi connectivity index (χ4n) is 5.11. The normalized spacial score (nSPS) is 17.6. The van der Waals surface area contributed by atoms with Gasteiger partial charge in [0.1, 0.15) is 13.2 Å². The van der Waals surface area contributed by atoms with Crippen LogP contribution < -0.4 is 0 Å². The summed E-state index contributed by atoms with van der Waals surface area (Å²) >= 11 is 3.13. The van der Waals surface area contributed by atoms with Crippen LogP contribution in [0.2, 0.25) is 0 Å². The van der Waals surface area contributed by atoms with Crippen LogP contribution in [0.1, 0.15) is 63.5 Å². The molecule has 9 heteroatoms. The third kappa shape index (κ3) is 12.3. The number of carbonyl (C=O) groups excluding carboxylic acids is 4. The molecule has 3 atom stereocenters. The number of benzene rings is 2. The second-order valence-corrected chi connectivity index (χ2v) is 11.5. The van der Waals surface area contributed by atoms with Gasteiger partial charge >= 0.3 is 12.2 Å². The summed E-state index contributed by atoms with van der Waals surface area (Å²) in [5, 5.41) is 0.896. The first-order chi connectivity index (χ1) is 21.8. The first-order valence-electron chi connectivity index (χ1n) is 15.6. The van der Waals surface area contributed by atoms with Gasteiger partial charge in [0.05, 0.1) is 12.1 Å². The van der Waals surface area contributed by atoms with Crippen molar-refractivity contribution in [3.63, 3.8) is 0 Å². The van der Waals surface area contributed by atoms with Gasteiger partial charge in [0.2, 0.25) is 11.8 Å². The number of rotatable bonds is 13. The maximum atomic E-state index is 12.7. The molecular formula is C36H47BrN2O6. The van der Waals surface area contributed by atoms with E-state index in [1.807, 2.05) is 74.5 Å². The van der Waals surface area contributed by atoms with E-state index in [4.69, 9.17) is 9.47 Å². The predicted octanol–water partition coefficient (Wildman–Crippen LogP) is 7.90. The van der Waals surface area contributed by atoms with Crippen LogP contribution in [0.4, 0.5) is 9.59 Å². The zero-order valence-electron chi connectivity index (χ0n) is 26.6.